The van der Waals surface area contributed by atoms with Gasteiger partial charge < -0.3 is 5.32 Å². The minimum absolute atomic E-state index is 0.783. The molecule has 0 aliphatic carbocycles. The van der Waals surface area contributed by atoms with Gasteiger partial charge in [0, 0.05) is 25.3 Å². The van der Waals surface area contributed by atoms with Crippen LogP contribution in [0.3, 0.4) is 0 Å². The number of rotatable bonds is 7. The van der Waals surface area contributed by atoms with E-state index in [9.17, 15) is 0 Å². The highest BCUT2D eigenvalue weighted by atomic mass is 15.1. The summed E-state index contributed by atoms with van der Waals surface area (Å²) in [6.45, 7) is 9.63. The average molecular weight is 285 g/mol. The molecule has 5 nitrogen and oxygen atoms in total. The van der Waals surface area contributed by atoms with E-state index in [1.807, 2.05) is 26.1 Å². The van der Waals surface area contributed by atoms with Crippen molar-refractivity contribution >= 4 is 5.82 Å². The molecule has 0 aliphatic rings. The van der Waals surface area contributed by atoms with Gasteiger partial charge in [-0.05, 0) is 32.5 Å². The standard InChI is InChI=1S/C16H23N5/c1-4-17-16-10-18-15(9-19-16)12-21(5-2)11-14-8-6-7-13(3)20-14/h6-10H,4-5,11-12H2,1-3H3,(H,17,19). The molecule has 2 rings (SSSR count). The van der Waals surface area contributed by atoms with E-state index in [-0.39, 0.29) is 0 Å². The lowest BCUT2D eigenvalue weighted by molar-refractivity contribution is 0.264. The smallest absolute Gasteiger partial charge is 0.144 e. The summed E-state index contributed by atoms with van der Waals surface area (Å²) in [6.07, 6.45) is 3.63. The van der Waals surface area contributed by atoms with E-state index >= 15 is 0 Å². The van der Waals surface area contributed by atoms with Gasteiger partial charge in [0.1, 0.15) is 5.82 Å². The van der Waals surface area contributed by atoms with Crippen molar-refractivity contribution < 1.29 is 0 Å². The van der Waals surface area contributed by atoms with E-state index in [2.05, 4.69) is 44.2 Å². The van der Waals surface area contributed by atoms with Crippen molar-refractivity contribution in [1.29, 1.82) is 0 Å². The Bertz CT molecular complexity index is 553. The van der Waals surface area contributed by atoms with Crippen LogP contribution in [0.5, 0.6) is 0 Å². The van der Waals surface area contributed by atoms with Gasteiger partial charge in [-0.3, -0.25) is 14.9 Å². The van der Waals surface area contributed by atoms with Crippen molar-refractivity contribution in [2.24, 2.45) is 0 Å². The molecule has 5 heteroatoms. The summed E-state index contributed by atoms with van der Waals surface area (Å²) in [7, 11) is 0. The van der Waals surface area contributed by atoms with Crippen molar-refractivity contribution in [3.05, 3.63) is 47.7 Å². The topological polar surface area (TPSA) is 53.9 Å². The third-order valence-electron chi connectivity index (χ3n) is 3.23. The lowest BCUT2D eigenvalue weighted by Gasteiger charge is -2.19. The Labute approximate surface area is 126 Å². The Morgan fingerprint density at radius 1 is 1.05 bits per heavy atom. The van der Waals surface area contributed by atoms with Crippen LogP contribution in [0.15, 0.2) is 30.6 Å². The fraction of sp³-hybridized carbons (Fsp3) is 0.438. The van der Waals surface area contributed by atoms with E-state index in [1.165, 1.54) is 0 Å². The fourth-order valence-corrected chi connectivity index (χ4v) is 2.13. The second-order valence-corrected chi connectivity index (χ2v) is 5.00. The number of aryl methyl sites for hydroxylation is 1. The van der Waals surface area contributed by atoms with Gasteiger partial charge in [0.25, 0.3) is 0 Å². The van der Waals surface area contributed by atoms with Crippen molar-refractivity contribution in [1.82, 2.24) is 19.9 Å². The summed E-state index contributed by atoms with van der Waals surface area (Å²) in [4.78, 5) is 15.7. The Balaban J connectivity index is 1.98. The molecule has 0 aliphatic heterocycles. The zero-order valence-corrected chi connectivity index (χ0v) is 13.0. The molecule has 21 heavy (non-hydrogen) atoms. The summed E-state index contributed by atoms with van der Waals surface area (Å²) in [5, 5.41) is 3.15. The van der Waals surface area contributed by atoms with Crippen LogP contribution in [0, 0.1) is 6.92 Å². The molecule has 0 saturated carbocycles. The van der Waals surface area contributed by atoms with Gasteiger partial charge in [0.05, 0.1) is 23.8 Å². The Morgan fingerprint density at radius 3 is 2.48 bits per heavy atom. The van der Waals surface area contributed by atoms with Crippen molar-refractivity contribution in [3.63, 3.8) is 0 Å². The molecule has 0 amide bonds. The van der Waals surface area contributed by atoms with Crippen LogP contribution in [-0.4, -0.2) is 32.9 Å². The first-order valence-corrected chi connectivity index (χ1v) is 7.41. The molecular formula is C16H23N5. The summed E-state index contributed by atoms with van der Waals surface area (Å²) < 4.78 is 0. The molecule has 2 aromatic heterocycles. The first-order valence-electron chi connectivity index (χ1n) is 7.41. The monoisotopic (exact) mass is 285 g/mol. The molecule has 0 atom stereocenters. The van der Waals surface area contributed by atoms with Crippen molar-refractivity contribution in [2.45, 2.75) is 33.9 Å². The van der Waals surface area contributed by atoms with Crippen LogP contribution in [0.2, 0.25) is 0 Å². The number of hydrogen-bond donors (Lipinski definition) is 1. The van der Waals surface area contributed by atoms with E-state index in [0.717, 1.165) is 49.1 Å². The van der Waals surface area contributed by atoms with Crippen LogP contribution in [0.25, 0.3) is 0 Å². The second kappa shape index (κ2) is 7.69. The quantitative estimate of drug-likeness (QED) is 0.847. The molecule has 112 valence electrons. The van der Waals surface area contributed by atoms with Gasteiger partial charge in [-0.25, -0.2) is 4.98 Å². The minimum Gasteiger partial charge on any atom is -0.369 e. The summed E-state index contributed by atoms with van der Waals surface area (Å²) in [5.41, 5.74) is 3.12. The molecule has 1 N–H and O–H groups in total. The number of aromatic nitrogens is 3. The van der Waals surface area contributed by atoms with Crippen LogP contribution in [0.4, 0.5) is 5.82 Å². The average Bonchev–Trinajstić information content (AvgIpc) is 2.49. The molecule has 0 bridgehead atoms. The van der Waals surface area contributed by atoms with Gasteiger partial charge >= 0.3 is 0 Å². The number of nitrogens with zero attached hydrogens (tertiary/aromatic N) is 4. The Hall–Kier alpha value is -2.01. The van der Waals surface area contributed by atoms with E-state index < -0.39 is 0 Å². The molecule has 2 heterocycles. The maximum atomic E-state index is 4.55. The van der Waals surface area contributed by atoms with Gasteiger partial charge in [-0.15, -0.1) is 0 Å². The zero-order valence-electron chi connectivity index (χ0n) is 13.0. The summed E-state index contributed by atoms with van der Waals surface area (Å²) in [5.74, 6) is 0.824. The number of pyridine rings is 1. The lowest BCUT2D eigenvalue weighted by atomic mass is 10.3. The highest BCUT2D eigenvalue weighted by molar-refractivity contribution is 5.30. The predicted octanol–water partition coefficient (Wildman–Crippen LogP) is 2.63. The highest BCUT2D eigenvalue weighted by Gasteiger charge is 2.07. The third kappa shape index (κ3) is 4.79. The molecule has 0 fully saturated rings. The zero-order chi connectivity index (χ0) is 15.1. The number of nitrogens with one attached hydrogen (secondary N) is 1. The van der Waals surface area contributed by atoms with Crippen molar-refractivity contribution in [3.8, 4) is 0 Å². The molecule has 0 saturated heterocycles. The molecule has 0 spiro atoms. The SMILES string of the molecule is CCNc1cnc(CN(CC)Cc2cccc(C)n2)cn1. The highest BCUT2D eigenvalue weighted by Crippen LogP contribution is 2.08. The normalized spacial score (nSPS) is 10.9. The Kier molecular flexibility index (Phi) is 5.63. The van der Waals surface area contributed by atoms with E-state index in [0.29, 0.717) is 0 Å². The van der Waals surface area contributed by atoms with Crippen LogP contribution in [0.1, 0.15) is 30.9 Å². The third-order valence-corrected chi connectivity index (χ3v) is 3.23. The van der Waals surface area contributed by atoms with Gasteiger partial charge in [0.15, 0.2) is 0 Å². The number of hydrogen-bond acceptors (Lipinski definition) is 5. The maximum absolute atomic E-state index is 4.55. The van der Waals surface area contributed by atoms with Gasteiger partial charge in [-0.2, -0.15) is 0 Å². The predicted molar refractivity (Wildman–Crippen MR) is 85.0 cm³/mol. The molecule has 0 unspecified atom stereocenters. The maximum Gasteiger partial charge on any atom is 0.144 e. The largest absolute Gasteiger partial charge is 0.369 e. The molecule has 0 radical (unpaired) electrons. The fourth-order valence-electron chi connectivity index (χ4n) is 2.13. The van der Waals surface area contributed by atoms with E-state index in [1.54, 1.807) is 6.20 Å². The van der Waals surface area contributed by atoms with Gasteiger partial charge in [0.2, 0.25) is 0 Å². The van der Waals surface area contributed by atoms with Crippen LogP contribution < -0.4 is 5.32 Å². The van der Waals surface area contributed by atoms with Gasteiger partial charge in [-0.1, -0.05) is 13.0 Å². The Morgan fingerprint density at radius 2 is 1.86 bits per heavy atom. The molecular weight excluding hydrogens is 262 g/mol. The summed E-state index contributed by atoms with van der Waals surface area (Å²) in [6, 6.07) is 6.14. The van der Waals surface area contributed by atoms with Crippen LogP contribution in [-0.2, 0) is 13.1 Å². The first-order chi connectivity index (χ1) is 10.2. The van der Waals surface area contributed by atoms with E-state index in [4.69, 9.17) is 0 Å². The molecule has 2 aromatic rings. The second-order valence-electron chi connectivity index (χ2n) is 5.00. The molecule has 0 aromatic carbocycles. The minimum atomic E-state index is 0.783. The van der Waals surface area contributed by atoms with Crippen molar-refractivity contribution in [2.75, 3.05) is 18.4 Å². The number of anilines is 1. The summed E-state index contributed by atoms with van der Waals surface area (Å²) >= 11 is 0. The lowest BCUT2D eigenvalue weighted by Crippen LogP contribution is -2.23. The van der Waals surface area contributed by atoms with Crippen LogP contribution >= 0.6 is 0 Å². The first kappa shape index (κ1) is 15.4.